The number of anilines is 1. The minimum atomic E-state index is -0.286. The summed E-state index contributed by atoms with van der Waals surface area (Å²) in [6, 6.07) is 19.5. The third-order valence-electron chi connectivity index (χ3n) is 3.39. The number of nitrogens with zero attached hydrogens (tertiary/aromatic N) is 1. The van der Waals surface area contributed by atoms with Crippen molar-refractivity contribution >= 4 is 12.0 Å². The Bertz CT molecular complexity index is 554. The minimum Gasteiger partial charge on any atom is -0.301 e. The highest BCUT2D eigenvalue weighted by atomic mass is 16.7. The van der Waals surface area contributed by atoms with Crippen LogP contribution in [0.2, 0.25) is 0 Å². The molecule has 0 aliphatic rings. The van der Waals surface area contributed by atoms with E-state index in [4.69, 9.17) is 4.84 Å². The fourth-order valence-electron chi connectivity index (χ4n) is 2.34. The maximum Gasteiger partial charge on any atom is 0.145 e. The lowest BCUT2D eigenvalue weighted by Gasteiger charge is -2.30. The number of hydrogen-bond acceptors (Lipinski definition) is 3. The summed E-state index contributed by atoms with van der Waals surface area (Å²) in [6.45, 7) is 4.66. The van der Waals surface area contributed by atoms with Gasteiger partial charge in [-0.05, 0) is 30.0 Å². The van der Waals surface area contributed by atoms with Gasteiger partial charge in [-0.15, -0.1) is 0 Å². The van der Waals surface area contributed by atoms with E-state index in [9.17, 15) is 4.79 Å². The van der Waals surface area contributed by atoms with Crippen LogP contribution in [0.15, 0.2) is 60.7 Å². The van der Waals surface area contributed by atoms with E-state index < -0.39 is 0 Å². The van der Waals surface area contributed by atoms with Gasteiger partial charge >= 0.3 is 0 Å². The molecule has 1 unspecified atom stereocenters. The molecule has 0 fully saturated rings. The van der Waals surface area contributed by atoms with Crippen LogP contribution in [-0.4, -0.2) is 12.3 Å². The van der Waals surface area contributed by atoms with Crippen molar-refractivity contribution in [3.05, 3.63) is 66.2 Å². The van der Waals surface area contributed by atoms with Gasteiger partial charge in [0.15, 0.2) is 0 Å². The molecule has 3 heteroatoms. The monoisotopic (exact) mass is 297 g/mol. The van der Waals surface area contributed by atoms with Gasteiger partial charge in [-0.2, -0.15) is 0 Å². The lowest BCUT2D eigenvalue weighted by molar-refractivity contribution is -0.111. The van der Waals surface area contributed by atoms with Crippen molar-refractivity contribution in [1.29, 1.82) is 0 Å². The van der Waals surface area contributed by atoms with E-state index in [0.717, 1.165) is 24.0 Å². The highest BCUT2D eigenvalue weighted by Crippen LogP contribution is 2.21. The van der Waals surface area contributed by atoms with Crippen molar-refractivity contribution in [2.24, 2.45) is 5.92 Å². The maximum absolute atomic E-state index is 11.5. The zero-order valence-corrected chi connectivity index (χ0v) is 13.2. The first-order chi connectivity index (χ1) is 10.7. The average Bonchev–Trinajstić information content (AvgIpc) is 2.55. The standard InChI is InChI=1S/C19H23NO2/c1-16(2)13-19(14-21)20(18-11-7-4-8-12-18)22-15-17-9-5-3-6-10-17/h3-12,14,16,19H,13,15H2,1-2H3. The molecule has 0 saturated heterocycles. The fraction of sp³-hybridized carbons (Fsp3) is 0.316. The van der Waals surface area contributed by atoms with Crippen molar-refractivity contribution in [1.82, 2.24) is 0 Å². The smallest absolute Gasteiger partial charge is 0.145 e. The summed E-state index contributed by atoms with van der Waals surface area (Å²) in [7, 11) is 0. The van der Waals surface area contributed by atoms with Gasteiger partial charge in [0, 0.05) is 0 Å². The molecular weight excluding hydrogens is 274 g/mol. The number of rotatable bonds is 8. The Labute approximate surface area is 132 Å². The summed E-state index contributed by atoms with van der Waals surface area (Å²) in [6.07, 6.45) is 1.73. The molecule has 0 aromatic heterocycles. The summed E-state index contributed by atoms with van der Waals surface area (Å²) < 4.78 is 0. The van der Waals surface area contributed by atoms with Crippen LogP contribution in [0.4, 0.5) is 5.69 Å². The van der Waals surface area contributed by atoms with Crippen LogP contribution < -0.4 is 5.06 Å². The highest BCUT2D eigenvalue weighted by Gasteiger charge is 2.20. The van der Waals surface area contributed by atoms with E-state index in [0.29, 0.717) is 12.5 Å². The van der Waals surface area contributed by atoms with E-state index in [2.05, 4.69) is 13.8 Å². The third-order valence-corrected chi connectivity index (χ3v) is 3.39. The third kappa shape index (κ3) is 4.71. The van der Waals surface area contributed by atoms with Crippen molar-refractivity contribution in [2.75, 3.05) is 5.06 Å². The zero-order chi connectivity index (χ0) is 15.8. The van der Waals surface area contributed by atoms with Gasteiger partial charge in [-0.1, -0.05) is 62.4 Å². The number of aldehydes is 1. The van der Waals surface area contributed by atoms with Crippen LogP contribution in [-0.2, 0) is 16.2 Å². The molecule has 3 nitrogen and oxygen atoms in total. The fourth-order valence-corrected chi connectivity index (χ4v) is 2.34. The zero-order valence-electron chi connectivity index (χ0n) is 13.2. The van der Waals surface area contributed by atoms with Crippen molar-refractivity contribution in [3.63, 3.8) is 0 Å². The molecule has 22 heavy (non-hydrogen) atoms. The Morgan fingerprint density at radius 3 is 2.14 bits per heavy atom. The molecule has 1 atom stereocenters. The van der Waals surface area contributed by atoms with Crippen LogP contribution in [0.25, 0.3) is 0 Å². The normalized spacial score (nSPS) is 12.1. The molecule has 0 aliphatic heterocycles. The first kappa shape index (κ1) is 16.2. The van der Waals surface area contributed by atoms with Gasteiger partial charge in [0.05, 0.1) is 12.3 Å². The van der Waals surface area contributed by atoms with Crippen molar-refractivity contribution in [3.8, 4) is 0 Å². The molecule has 0 radical (unpaired) electrons. The molecule has 116 valence electrons. The van der Waals surface area contributed by atoms with Crippen molar-refractivity contribution < 1.29 is 9.63 Å². The molecule has 0 bridgehead atoms. The lowest BCUT2D eigenvalue weighted by atomic mass is 10.0. The molecule has 0 saturated carbocycles. The number of carbonyl (C=O) groups is 1. The van der Waals surface area contributed by atoms with Crippen LogP contribution in [0.1, 0.15) is 25.8 Å². The summed E-state index contributed by atoms with van der Waals surface area (Å²) in [4.78, 5) is 17.5. The summed E-state index contributed by atoms with van der Waals surface area (Å²) in [5, 5.41) is 1.74. The second-order valence-electron chi connectivity index (χ2n) is 5.75. The van der Waals surface area contributed by atoms with Crippen LogP contribution in [0, 0.1) is 5.92 Å². The van der Waals surface area contributed by atoms with E-state index in [1.807, 2.05) is 60.7 Å². The number of carbonyl (C=O) groups excluding carboxylic acids is 1. The van der Waals surface area contributed by atoms with Crippen molar-refractivity contribution in [2.45, 2.75) is 32.9 Å². The SMILES string of the molecule is CC(C)CC(C=O)N(OCc1ccccc1)c1ccccc1. The largest absolute Gasteiger partial charge is 0.301 e. The molecular formula is C19H23NO2. The van der Waals surface area contributed by atoms with E-state index in [1.165, 1.54) is 0 Å². The predicted molar refractivity (Wildman–Crippen MR) is 89.5 cm³/mol. The second kappa shape index (κ2) is 8.35. The van der Waals surface area contributed by atoms with E-state index in [1.54, 1.807) is 5.06 Å². The van der Waals surface area contributed by atoms with Gasteiger partial charge in [0.25, 0.3) is 0 Å². The molecule has 0 spiro atoms. The van der Waals surface area contributed by atoms with Gasteiger partial charge in [0.2, 0.25) is 0 Å². The van der Waals surface area contributed by atoms with Gasteiger partial charge in [-0.25, -0.2) is 5.06 Å². The summed E-state index contributed by atoms with van der Waals surface area (Å²) in [5.74, 6) is 0.418. The molecule has 0 N–H and O–H groups in total. The number of hydrogen-bond donors (Lipinski definition) is 0. The molecule has 2 rings (SSSR count). The molecule has 2 aromatic carbocycles. The van der Waals surface area contributed by atoms with E-state index in [-0.39, 0.29) is 6.04 Å². The average molecular weight is 297 g/mol. The summed E-state index contributed by atoms with van der Waals surface area (Å²) >= 11 is 0. The molecule has 0 heterocycles. The number of para-hydroxylation sites is 1. The minimum absolute atomic E-state index is 0.286. The van der Waals surface area contributed by atoms with Crippen LogP contribution >= 0.6 is 0 Å². The second-order valence-corrected chi connectivity index (χ2v) is 5.75. The molecule has 0 aliphatic carbocycles. The Kier molecular flexibility index (Phi) is 6.16. The maximum atomic E-state index is 11.5. The Morgan fingerprint density at radius 2 is 1.59 bits per heavy atom. The van der Waals surface area contributed by atoms with Crippen LogP contribution in [0.3, 0.4) is 0 Å². The number of hydroxylamine groups is 1. The van der Waals surface area contributed by atoms with Gasteiger partial charge < -0.3 is 4.79 Å². The van der Waals surface area contributed by atoms with Gasteiger partial charge in [-0.3, -0.25) is 4.84 Å². The number of benzene rings is 2. The van der Waals surface area contributed by atoms with E-state index >= 15 is 0 Å². The Morgan fingerprint density at radius 1 is 1.00 bits per heavy atom. The lowest BCUT2D eigenvalue weighted by Crippen LogP contribution is -2.37. The summed E-state index contributed by atoms with van der Waals surface area (Å²) in [5.41, 5.74) is 1.98. The molecule has 0 amide bonds. The highest BCUT2D eigenvalue weighted by molar-refractivity contribution is 5.64. The molecule has 2 aromatic rings. The van der Waals surface area contributed by atoms with Crippen LogP contribution in [0.5, 0.6) is 0 Å². The topological polar surface area (TPSA) is 29.5 Å². The predicted octanol–water partition coefficient (Wildman–Crippen LogP) is 4.24. The quantitative estimate of drug-likeness (QED) is 0.539. The first-order valence-electron chi connectivity index (χ1n) is 7.67. The van der Waals surface area contributed by atoms with Gasteiger partial charge in [0.1, 0.15) is 12.3 Å². The Balaban J connectivity index is 2.15. The Hall–Kier alpha value is -2.13. The first-order valence-corrected chi connectivity index (χ1v) is 7.67.